The van der Waals surface area contributed by atoms with Gasteiger partial charge in [0, 0.05) is 19.2 Å². The number of hydrogen-bond donors (Lipinski definition) is 1. The Bertz CT molecular complexity index is 755. The number of benzene rings is 1. The molecule has 1 aromatic carbocycles. The Hall–Kier alpha value is -2.89. The lowest BCUT2D eigenvalue weighted by Crippen LogP contribution is -2.37. The Labute approximate surface area is 133 Å². The summed E-state index contributed by atoms with van der Waals surface area (Å²) >= 11 is 0. The van der Waals surface area contributed by atoms with Crippen LogP contribution in [0.25, 0.3) is 5.69 Å². The molecule has 23 heavy (non-hydrogen) atoms. The molecule has 0 saturated carbocycles. The third-order valence-electron chi connectivity index (χ3n) is 3.91. The molecule has 1 amide bonds. The standard InChI is InChI=1S/C17H17N3O3/c1-12-7-9-19(10-8-12)16(21)15-11-14(17(22)23)18-20(15)13-5-3-2-4-6-13/h2-6,11H,1,7-10H2,(H,22,23). The van der Waals surface area contributed by atoms with Crippen LogP contribution in [0.15, 0.2) is 48.6 Å². The van der Waals surface area contributed by atoms with Gasteiger partial charge >= 0.3 is 5.97 Å². The number of amides is 1. The quantitative estimate of drug-likeness (QED) is 0.883. The first kappa shape index (κ1) is 15.0. The Morgan fingerprint density at radius 2 is 1.78 bits per heavy atom. The molecule has 1 fully saturated rings. The van der Waals surface area contributed by atoms with Crippen LogP contribution in [-0.4, -0.2) is 44.8 Å². The molecule has 3 rings (SSSR count). The van der Waals surface area contributed by atoms with Crippen LogP contribution in [0.3, 0.4) is 0 Å². The van der Waals surface area contributed by atoms with Crippen LogP contribution >= 0.6 is 0 Å². The molecule has 0 aliphatic carbocycles. The lowest BCUT2D eigenvalue weighted by molar-refractivity contribution is 0.0689. The number of carbonyl (C=O) groups is 2. The molecule has 1 aliphatic heterocycles. The maximum atomic E-state index is 12.8. The number of para-hydroxylation sites is 1. The van der Waals surface area contributed by atoms with E-state index in [4.69, 9.17) is 0 Å². The molecule has 2 aromatic rings. The van der Waals surface area contributed by atoms with E-state index in [-0.39, 0.29) is 17.3 Å². The Balaban J connectivity index is 1.98. The van der Waals surface area contributed by atoms with E-state index in [2.05, 4.69) is 11.7 Å². The van der Waals surface area contributed by atoms with Crippen molar-refractivity contribution in [3.63, 3.8) is 0 Å². The van der Waals surface area contributed by atoms with E-state index in [0.717, 1.165) is 18.4 Å². The monoisotopic (exact) mass is 311 g/mol. The van der Waals surface area contributed by atoms with Gasteiger partial charge in [-0.25, -0.2) is 9.48 Å². The van der Waals surface area contributed by atoms with Crippen LogP contribution in [0, 0.1) is 0 Å². The fourth-order valence-corrected chi connectivity index (χ4v) is 2.59. The van der Waals surface area contributed by atoms with Crippen molar-refractivity contribution in [3.8, 4) is 5.69 Å². The van der Waals surface area contributed by atoms with E-state index >= 15 is 0 Å². The highest BCUT2D eigenvalue weighted by Crippen LogP contribution is 2.19. The number of hydrogen-bond acceptors (Lipinski definition) is 3. The number of carbonyl (C=O) groups excluding carboxylic acids is 1. The van der Waals surface area contributed by atoms with Crippen molar-refractivity contribution in [3.05, 3.63) is 59.9 Å². The smallest absolute Gasteiger partial charge is 0.356 e. The average Bonchev–Trinajstić information content (AvgIpc) is 3.01. The average molecular weight is 311 g/mol. The van der Waals surface area contributed by atoms with Gasteiger partial charge in [0.05, 0.1) is 5.69 Å². The fraction of sp³-hybridized carbons (Fsp3) is 0.235. The summed E-state index contributed by atoms with van der Waals surface area (Å²) in [5, 5.41) is 13.2. The molecular weight excluding hydrogens is 294 g/mol. The third kappa shape index (κ3) is 3.01. The van der Waals surface area contributed by atoms with Gasteiger partial charge in [-0.3, -0.25) is 4.79 Å². The normalized spacial score (nSPS) is 14.8. The van der Waals surface area contributed by atoms with Crippen molar-refractivity contribution in [2.45, 2.75) is 12.8 Å². The predicted octanol–water partition coefficient (Wildman–Crippen LogP) is 2.36. The first-order valence-electron chi connectivity index (χ1n) is 7.41. The number of rotatable bonds is 3. The summed E-state index contributed by atoms with van der Waals surface area (Å²) in [4.78, 5) is 25.7. The van der Waals surface area contributed by atoms with Crippen molar-refractivity contribution >= 4 is 11.9 Å². The Morgan fingerprint density at radius 1 is 1.13 bits per heavy atom. The van der Waals surface area contributed by atoms with Crippen LogP contribution in [0.2, 0.25) is 0 Å². The van der Waals surface area contributed by atoms with Crippen molar-refractivity contribution < 1.29 is 14.7 Å². The van der Waals surface area contributed by atoms with E-state index in [1.165, 1.54) is 10.7 Å². The first-order chi connectivity index (χ1) is 11.1. The SMILES string of the molecule is C=C1CCN(C(=O)c2cc(C(=O)O)nn2-c2ccccc2)CC1. The van der Waals surface area contributed by atoms with Crippen LogP contribution < -0.4 is 0 Å². The van der Waals surface area contributed by atoms with E-state index in [9.17, 15) is 14.7 Å². The highest BCUT2D eigenvalue weighted by molar-refractivity contribution is 5.96. The van der Waals surface area contributed by atoms with E-state index in [0.29, 0.717) is 18.8 Å². The summed E-state index contributed by atoms with van der Waals surface area (Å²) < 4.78 is 1.40. The Morgan fingerprint density at radius 3 is 2.39 bits per heavy atom. The van der Waals surface area contributed by atoms with E-state index in [1.54, 1.807) is 17.0 Å². The maximum absolute atomic E-state index is 12.8. The van der Waals surface area contributed by atoms with Crippen LogP contribution in [0.4, 0.5) is 0 Å². The van der Waals surface area contributed by atoms with Gasteiger partial charge in [0.2, 0.25) is 0 Å². The van der Waals surface area contributed by atoms with Crippen LogP contribution in [0.5, 0.6) is 0 Å². The van der Waals surface area contributed by atoms with E-state index < -0.39 is 5.97 Å². The molecule has 6 heteroatoms. The zero-order valence-corrected chi connectivity index (χ0v) is 12.6. The molecule has 118 valence electrons. The van der Waals surface area contributed by atoms with Crippen molar-refractivity contribution in [2.24, 2.45) is 0 Å². The molecule has 1 aliphatic rings. The summed E-state index contributed by atoms with van der Waals surface area (Å²) in [6.07, 6.45) is 1.55. The van der Waals surface area contributed by atoms with Gasteiger partial charge in [0.1, 0.15) is 5.69 Å². The summed E-state index contributed by atoms with van der Waals surface area (Å²) in [5.41, 5.74) is 1.92. The van der Waals surface area contributed by atoms with Gasteiger partial charge in [-0.15, -0.1) is 0 Å². The molecule has 0 spiro atoms. The van der Waals surface area contributed by atoms with Crippen molar-refractivity contribution in [1.29, 1.82) is 0 Å². The summed E-state index contributed by atoms with van der Waals surface area (Å²) in [6, 6.07) is 10.4. The van der Waals surface area contributed by atoms with Gasteiger partial charge < -0.3 is 10.0 Å². The zero-order chi connectivity index (χ0) is 16.4. The highest BCUT2D eigenvalue weighted by Gasteiger charge is 2.25. The number of likely N-dealkylation sites (tertiary alicyclic amines) is 1. The minimum absolute atomic E-state index is 0.140. The molecule has 1 N–H and O–H groups in total. The molecule has 6 nitrogen and oxygen atoms in total. The topological polar surface area (TPSA) is 75.4 Å². The van der Waals surface area contributed by atoms with Crippen LogP contribution in [-0.2, 0) is 0 Å². The second-order valence-electron chi connectivity index (χ2n) is 5.51. The van der Waals surface area contributed by atoms with Gasteiger partial charge in [-0.1, -0.05) is 30.4 Å². The lowest BCUT2D eigenvalue weighted by atomic mass is 10.1. The number of piperidine rings is 1. The van der Waals surface area contributed by atoms with Crippen molar-refractivity contribution in [2.75, 3.05) is 13.1 Å². The fourth-order valence-electron chi connectivity index (χ4n) is 2.59. The number of nitrogens with zero attached hydrogens (tertiary/aromatic N) is 3. The minimum Gasteiger partial charge on any atom is -0.476 e. The van der Waals surface area contributed by atoms with Gasteiger partial charge in [0.25, 0.3) is 5.91 Å². The maximum Gasteiger partial charge on any atom is 0.356 e. The predicted molar refractivity (Wildman–Crippen MR) is 84.8 cm³/mol. The number of aromatic nitrogens is 2. The third-order valence-corrected chi connectivity index (χ3v) is 3.91. The molecule has 1 aromatic heterocycles. The molecule has 2 heterocycles. The Kier molecular flexibility index (Phi) is 3.97. The number of aromatic carboxylic acids is 1. The lowest BCUT2D eigenvalue weighted by Gasteiger charge is -2.28. The van der Waals surface area contributed by atoms with E-state index in [1.807, 2.05) is 18.2 Å². The molecule has 0 bridgehead atoms. The number of carboxylic acid groups (broad SMARTS) is 1. The summed E-state index contributed by atoms with van der Waals surface area (Å²) in [6.45, 7) is 5.13. The summed E-state index contributed by atoms with van der Waals surface area (Å²) in [5.74, 6) is -1.36. The van der Waals surface area contributed by atoms with Gasteiger partial charge in [-0.05, 0) is 25.0 Å². The molecule has 1 saturated heterocycles. The van der Waals surface area contributed by atoms with Gasteiger partial charge in [0.15, 0.2) is 5.69 Å². The minimum atomic E-state index is -1.15. The number of carboxylic acids is 1. The molecule has 0 atom stereocenters. The molecule has 0 radical (unpaired) electrons. The van der Waals surface area contributed by atoms with Gasteiger partial charge in [-0.2, -0.15) is 5.10 Å². The van der Waals surface area contributed by atoms with Crippen molar-refractivity contribution in [1.82, 2.24) is 14.7 Å². The second kappa shape index (κ2) is 6.08. The zero-order valence-electron chi connectivity index (χ0n) is 12.6. The van der Waals surface area contributed by atoms with Crippen LogP contribution in [0.1, 0.15) is 33.8 Å². The first-order valence-corrected chi connectivity index (χ1v) is 7.41. The largest absolute Gasteiger partial charge is 0.476 e. The molecular formula is C17H17N3O3. The summed E-state index contributed by atoms with van der Waals surface area (Å²) in [7, 11) is 0. The molecule has 0 unspecified atom stereocenters. The second-order valence-corrected chi connectivity index (χ2v) is 5.51. The highest BCUT2D eigenvalue weighted by atomic mass is 16.4.